The van der Waals surface area contributed by atoms with Crippen LogP contribution in [-0.2, 0) is 0 Å². The zero-order valence-electron chi connectivity index (χ0n) is 11.5. The molecule has 1 aliphatic rings. The van der Waals surface area contributed by atoms with Gasteiger partial charge in [0.2, 0.25) is 0 Å². The smallest absolute Gasteiger partial charge is 0.0613 e. The Morgan fingerprint density at radius 3 is 2.76 bits per heavy atom. The van der Waals surface area contributed by atoms with Crippen LogP contribution in [0.5, 0.6) is 0 Å². The van der Waals surface area contributed by atoms with Crippen LogP contribution < -0.4 is 5.32 Å². The summed E-state index contributed by atoms with van der Waals surface area (Å²) in [6.45, 7) is 5.78. The molecule has 0 amide bonds. The highest BCUT2D eigenvalue weighted by Crippen LogP contribution is 2.37. The molecule has 1 saturated carbocycles. The van der Waals surface area contributed by atoms with E-state index in [4.69, 9.17) is 0 Å². The van der Waals surface area contributed by atoms with Crippen LogP contribution in [0.15, 0.2) is 0 Å². The maximum Gasteiger partial charge on any atom is 0.0613 e. The van der Waals surface area contributed by atoms with Crippen LogP contribution in [0, 0.1) is 0 Å². The number of thioether (sulfide) groups is 1. The molecule has 0 aromatic heterocycles. The average Bonchev–Trinajstić information content (AvgIpc) is 2.77. The van der Waals surface area contributed by atoms with Gasteiger partial charge in [-0.2, -0.15) is 11.8 Å². The van der Waals surface area contributed by atoms with Crippen molar-refractivity contribution in [1.29, 1.82) is 0 Å². The van der Waals surface area contributed by atoms with Gasteiger partial charge in [0.25, 0.3) is 0 Å². The molecule has 1 fully saturated rings. The van der Waals surface area contributed by atoms with E-state index >= 15 is 0 Å². The molecule has 2 N–H and O–H groups in total. The van der Waals surface area contributed by atoms with Crippen molar-refractivity contribution in [1.82, 2.24) is 5.32 Å². The monoisotopic (exact) mass is 259 g/mol. The number of hydrogen-bond acceptors (Lipinski definition) is 3. The third-order valence-corrected chi connectivity index (χ3v) is 5.12. The molecule has 0 radical (unpaired) electrons. The maximum atomic E-state index is 9.60. The van der Waals surface area contributed by atoms with Crippen molar-refractivity contribution in [3.05, 3.63) is 0 Å². The topological polar surface area (TPSA) is 32.3 Å². The lowest BCUT2D eigenvalue weighted by Gasteiger charge is -2.28. The van der Waals surface area contributed by atoms with E-state index in [2.05, 4.69) is 30.9 Å². The minimum atomic E-state index is 0.0401. The first-order valence-corrected chi connectivity index (χ1v) is 8.28. The number of rotatable bonds is 9. The van der Waals surface area contributed by atoms with Gasteiger partial charge in [0.1, 0.15) is 0 Å². The van der Waals surface area contributed by atoms with Gasteiger partial charge in [-0.25, -0.2) is 0 Å². The minimum absolute atomic E-state index is 0.0401. The average molecular weight is 259 g/mol. The molecular weight excluding hydrogens is 230 g/mol. The lowest BCUT2D eigenvalue weighted by molar-refractivity contribution is 0.165. The second-order valence-electron chi connectivity index (χ2n) is 5.31. The molecule has 2 unspecified atom stereocenters. The van der Waals surface area contributed by atoms with Gasteiger partial charge >= 0.3 is 0 Å². The highest BCUT2D eigenvalue weighted by Gasteiger charge is 2.37. The van der Waals surface area contributed by atoms with Crippen molar-refractivity contribution in [2.24, 2.45) is 0 Å². The van der Waals surface area contributed by atoms with Gasteiger partial charge in [0, 0.05) is 10.8 Å². The van der Waals surface area contributed by atoms with Crippen molar-refractivity contribution >= 4 is 11.8 Å². The molecule has 1 rings (SSSR count). The fourth-order valence-corrected chi connectivity index (χ4v) is 4.00. The molecule has 2 atom stereocenters. The van der Waals surface area contributed by atoms with Crippen LogP contribution in [-0.4, -0.2) is 34.8 Å². The van der Waals surface area contributed by atoms with Gasteiger partial charge in [0.05, 0.1) is 6.61 Å². The molecule has 0 aliphatic heterocycles. The number of aliphatic hydroxyl groups is 1. The molecule has 0 spiro atoms. The van der Waals surface area contributed by atoms with Crippen LogP contribution in [0.25, 0.3) is 0 Å². The fraction of sp³-hybridized carbons (Fsp3) is 1.00. The molecule has 1 aliphatic carbocycles. The molecular formula is C14H29NOS. The Bertz CT molecular complexity index is 201. The molecule has 0 aromatic carbocycles. The summed E-state index contributed by atoms with van der Waals surface area (Å²) in [4.78, 5) is 0. The second-order valence-corrected chi connectivity index (χ2v) is 6.72. The maximum absolute atomic E-state index is 9.60. The van der Waals surface area contributed by atoms with E-state index in [-0.39, 0.29) is 5.54 Å². The summed E-state index contributed by atoms with van der Waals surface area (Å²) < 4.78 is 0. The van der Waals surface area contributed by atoms with Gasteiger partial charge in [-0.3, -0.25) is 0 Å². The van der Waals surface area contributed by atoms with Gasteiger partial charge in [-0.15, -0.1) is 0 Å². The van der Waals surface area contributed by atoms with Crippen molar-refractivity contribution in [3.63, 3.8) is 0 Å². The Morgan fingerprint density at radius 2 is 2.12 bits per heavy atom. The van der Waals surface area contributed by atoms with E-state index < -0.39 is 0 Å². The molecule has 0 heterocycles. The van der Waals surface area contributed by atoms with Crippen LogP contribution in [0.2, 0.25) is 0 Å². The molecule has 0 saturated heterocycles. The predicted octanol–water partition coefficient (Wildman–Crippen LogP) is 3.19. The standard InChI is InChI=1S/C14H29NOS/c1-3-5-6-10-17-13-7-8-14(11-13,12-16)15-9-4-2/h13,15-16H,3-12H2,1-2H3. The van der Waals surface area contributed by atoms with Crippen LogP contribution >= 0.6 is 11.8 Å². The predicted molar refractivity (Wildman–Crippen MR) is 77.7 cm³/mol. The Labute approximate surface area is 111 Å². The van der Waals surface area contributed by atoms with E-state index in [0.717, 1.165) is 31.1 Å². The Hall–Kier alpha value is 0.270. The first-order valence-electron chi connectivity index (χ1n) is 7.24. The van der Waals surface area contributed by atoms with E-state index in [0.29, 0.717) is 6.61 Å². The van der Waals surface area contributed by atoms with Gasteiger partial charge in [0.15, 0.2) is 0 Å². The summed E-state index contributed by atoms with van der Waals surface area (Å²) >= 11 is 2.12. The molecule has 2 nitrogen and oxygen atoms in total. The SMILES string of the molecule is CCCCCSC1CCC(CO)(NCCC)C1. The third-order valence-electron chi connectivity index (χ3n) is 3.72. The minimum Gasteiger partial charge on any atom is -0.394 e. The van der Waals surface area contributed by atoms with Crippen molar-refractivity contribution in [2.75, 3.05) is 18.9 Å². The zero-order chi connectivity index (χ0) is 12.6. The van der Waals surface area contributed by atoms with Gasteiger partial charge in [-0.1, -0.05) is 26.7 Å². The molecule has 17 heavy (non-hydrogen) atoms. The lowest BCUT2D eigenvalue weighted by atomic mass is 9.99. The third kappa shape index (κ3) is 5.19. The number of hydrogen-bond donors (Lipinski definition) is 2. The number of unbranched alkanes of at least 4 members (excludes halogenated alkanes) is 2. The van der Waals surface area contributed by atoms with E-state index in [1.807, 2.05) is 0 Å². The first-order chi connectivity index (χ1) is 8.26. The van der Waals surface area contributed by atoms with E-state index in [9.17, 15) is 5.11 Å². The lowest BCUT2D eigenvalue weighted by Crippen LogP contribution is -2.46. The summed E-state index contributed by atoms with van der Waals surface area (Å²) in [7, 11) is 0. The molecule has 0 aromatic rings. The zero-order valence-corrected chi connectivity index (χ0v) is 12.3. The highest BCUT2D eigenvalue weighted by molar-refractivity contribution is 7.99. The van der Waals surface area contributed by atoms with Gasteiger partial charge in [-0.05, 0) is 44.4 Å². The van der Waals surface area contributed by atoms with Crippen LogP contribution in [0.1, 0.15) is 58.8 Å². The molecule has 0 bridgehead atoms. The summed E-state index contributed by atoms with van der Waals surface area (Å²) in [5.74, 6) is 1.30. The quantitative estimate of drug-likeness (QED) is 0.624. The van der Waals surface area contributed by atoms with Gasteiger partial charge < -0.3 is 10.4 Å². The largest absolute Gasteiger partial charge is 0.394 e. The summed E-state index contributed by atoms with van der Waals surface area (Å²) in [5.41, 5.74) is 0.0401. The van der Waals surface area contributed by atoms with Crippen molar-refractivity contribution < 1.29 is 5.11 Å². The summed E-state index contributed by atoms with van der Waals surface area (Å²) in [5, 5.41) is 13.9. The molecule has 3 heteroatoms. The van der Waals surface area contributed by atoms with Crippen molar-refractivity contribution in [2.45, 2.75) is 69.6 Å². The Morgan fingerprint density at radius 1 is 1.29 bits per heavy atom. The Balaban J connectivity index is 2.23. The van der Waals surface area contributed by atoms with E-state index in [1.54, 1.807) is 0 Å². The Kier molecular flexibility index (Phi) is 7.56. The second kappa shape index (κ2) is 8.39. The summed E-state index contributed by atoms with van der Waals surface area (Å²) in [6.07, 6.45) is 8.74. The first kappa shape index (κ1) is 15.3. The molecule has 102 valence electrons. The highest BCUT2D eigenvalue weighted by atomic mass is 32.2. The summed E-state index contributed by atoms with van der Waals surface area (Å²) in [6, 6.07) is 0. The van der Waals surface area contributed by atoms with Crippen LogP contribution in [0.3, 0.4) is 0 Å². The fourth-order valence-electron chi connectivity index (χ4n) is 2.57. The number of aliphatic hydroxyl groups excluding tert-OH is 1. The van der Waals surface area contributed by atoms with E-state index in [1.165, 1.54) is 31.4 Å². The van der Waals surface area contributed by atoms with Crippen LogP contribution in [0.4, 0.5) is 0 Å². The number of nitrogens with one attached hydrogen (secondary N) is 1. The van der Waals surface area contributed by atoms with Crippen molar-refractivity contribution in [3.8, 4) is 0 Å². The normalized spacial score (nSPS) is 28.8.